The molecule has 2 aromatic rings. The summed E-state index contributed by atoms with van der Waals surface area (Å²) >= 11 is 0. The molecule has 4 rings (SSSR count). The summed E-state index contributed by atoms with van der Waals surface area (Å²) in [5.74, 6) is 0.269. The highest BCUT2D eigenvalue weighted by Gasteiger charge is 2.44. The lowest BCUT2D eigenvalue weighted by Gasteiger charge is -2.17. The van der Waals surface area contributed by atoms with Gasteiger partial charge in [0, 0.05) is 5.56 Å². The molecule has 1 aliphatic carbocycles. The van der Waals surface area contributed by atoms with Crippen LogP contribution in [-0.2, 0) is 17.6 Å². The highest BCUT2D eigenvalue weighted by molar-refractivity contribution is 5.34. The third kappa shape index (κ3) is 2.12. The molecule has 0 spiro atoms. The van der Waals surface area contributed by atoms with E-state index in [4.69, 9.17) is 4.74 Å². The van der Waals surface area contributed by atoms with Gasteiger partial charge in [-0.3, -0.25) is 9.36 Å². The first kappa shape index (κ1) is 14.8. The number of rotatable bonds is 2. The predicted molar refractivity (Wildman–Crippen MR) is 76.9 cm³/mol. The third-order valence-corrected chi connectivity index (χ3v) is 4.63. The Morgan fingerprint density at radius 1 is 1.26 bits per heavy atom. The van der Waals surface area contributed by atoms with Crippen LogP contribution in [0, 0.1) is 0 Å². The SMILES string of the molecule is O=c1c2c(nc3n([C@@H]4O[C@H](CO)[C@@H](O)[C@H]4O)cnn13)CCCC2. The minimum atomic E-state index is -1.24. The number of nitrogens with zero attached hydrogens (tertiary/aromatic N) is 4. The Balaban J connectivity index is 1.83. The molecule has 4 atom stereocenters. The van der Waals surface area contributed by atoms with Gasteiger partial charge >= 0.3 is 0 Å². The Bertz CT molecular complexity index is 800. The summed E-state index contributed by atoms with van der Waals surface area (Å²) in [6, 6.07) is 0. The fourth-order valence-corrected chi connectivity index (χ4v) is 3.35. The van der Waals surface area contributed by atoms with Gasteiger partial charge in [0.15, 0.2) is 6.23 Å². The molecule has 0 amide bonds. The van der Waals surface area contributed by atoms with Crippen LogP contribution in [0.15, 0.2) is 11.1 Å². The van der Waals surface area contributed by atoms with E-state index in [1.807, 2.05) is 0 Å². The molecular formula is C14H18N4O5. The van der Waals surface area contributed by atoms with Crippen molar-refractivity contribution in [1.82, 2.24) is 19.2 Å². The minimum absolute atomic E-state index is 0.199. The van der Waals surface area contributed by atoms with E-state index in [9.17, 15) is 20.1 Å². The number of aromatic nitrogens is 4. The second-order valence-electron chi connectivity index (χ2n) is 6.03. The Hall–Kier alpha value is -1.81. The summed E-state index contributed by atoms with van der Waals surface area (Å²) in [5.41, 5.74) is 1.25. The van der Waals surface area contributed by atoms with Crippen molar-refractivity contribution in [2.75, 3.05) is 6.61 Å². The first-order valence-corrected chi connectivity index (χ1v) is 7.72. The molecule has 2 aromatic heterocycles. The number of fused-ring (bicyclic) bond motifs is 2. The third-order valence-electron chi connectivity index (χ3n) is 4.63. The first-order chi connectivity index (χ1) is 11.1. The van der Waals surface area contributed by atoms with Crippen molar-refractivity contribution < 1.29 is 20.1 Å². The minimum Gasteiger partial charge on any atom is -0.394 e. The monoisotopic (exact) mass is 322 g/mol. The maximum absolute atomic E-state index is 12.5. The molecule has 1 fully saturated rings. The fourth-order valence-electron chi connectivity index (χ4n) is 3.35. The van der Waals surface area contributed by atoms with E-state index in [0.29, 0.717) is 12.0 Å². The molecule has 0 bridgehead atoms. The summed E-state index contributed by atoms with van der Waals surface area (Å²) in [6.07, 6.45) is 0.455. The average molecular weight is 322 g/mol. The molecule has 23 heavy (non-hydrogen) atoms. The normalized spacial score (nSPS) is 30.7. The molecule has 3 heterocycles. The van der Waals surface area contributed by atoms with E-state index in [2.05, 4.69) is 10.1 Å². The van der Waals surface area contributed by atoms with Gasteiger partial charge < -0.3 is 20.1 Å². The molecule has 9 nitrogen and oxygen atoms in total. The van der Waals surface area contributed by atoms with E-state index in [0.717, 1.165) is 25.0 Å². The van der Waals surface area contributed by atoms with Crippen LogP contribution < -0.4 is 5.56 Å². The Morgan fingerprint density at radius 2 is 2.04 bits per heavy atom. The molecule has 0 saturated carbocycles. The van der Waals surface area contributed by atoms with Crippen LogP contribution in [0.3, 0.4) is 0 Å². The van der Waals surface area contributed by atoms with Crippen LogP contribution in [0.1, 0.15) is 30.3 Å². The molecule has 0 aromatic carbocycles. The second-order valence-corrected chi connectivity index (χ2v) is 6.03. The average Bonchev–Trinajstić information content (AvgIpc) is 3.10. The van der Waals surface area contributed by atoms with Gasteiger partial charge in [-0.1, -0.05) is 0 Å². The molecule has 3 N–H and O–H groups in total. The van der Waals surface area contributed by atoms with Crippen LogP contribution >= 0.6 is 0 Å². The highest BCUT2D eigenvalue weighted by atomic mass is 16.6. The van der Waals surface area contributed by atoms with Crippen molar-refractivity contribution in [3.8, 4) is 0 Å². The van der Waals surface area contributed by atoms with Crippen LogP contribution in [0.2, 0.25) is 0 Å². The Labute approximate surface area is 130 Å². The van der Waals surface area contributed by atoms with Gasteiger partial charge in [-0.05, 0) is 25.7 Å². The smallest absolute Gasteiger partial charge is 0.279 e. The van der Waals surface area contributed by atoms with Crippen LogP contribution in [-0.4, -0.2) is 59.4 Å². The zero-order valence-electron chi connectivity index (χ0n) is 12.4. The predicted octanol–water partition coefficient (Wildman–Crippen LogP) is -1.62. The summed E-state index contributed by atoms with van der Waals surface area (Å²) in [5, 5.41) is 33.3. The number of hydrogen-bond donors (Lipinski definition) is 3. The largest absolute Gasteiger partial charge is 0.394 e. The van der Waals surface area contributed by atoms with Gasteiger partial charge in [-0.25, -0.2) is 4.98 Å². The second kappa shape index (κ2) is 5.38. The van der Waals surface area contributed by atoms with Crippen molar-refractivity contribution in [3.05, 3.63) is 27.9 Å². The maximum atomic E-state index is 12.5. The van der Waals surface area contributed by atoms with Crippen LogP contribution in [0.4, 0.5) is 0 Å². The van der Waals surface area contributed by atoms with Gasteiger partial charge in [0.1, 0.15) is 24.6 Å². The maximum Gasteiger partial charge on any atom is 0.279 e. The van der Waals surface area contributed by atoms with Crippen LogP contribution in [0.5, 0.6) is 0 Å². The number of ether oxygens (including phenoxy) is 1. The number of hydrogen-bond acceptors (Lipinski definition) is 7. The van der Waals surface area contributed by atoms with Crippen molar-refractivity contribution in [1.29, 1.82) is 0 Å². The first-order valence-electron chi connectivity index (χ1n) is 7.72. The summed E-state index contributed by atoms with van der Waals surface area (Å²) in [7, 11) is 0. The lowest BCUT2D eigenvalue weighted by molar-refractivity contribution is -0.0512. The van der Waals surface area contributed by atoms with Crippen LogP contribution in [0.25, 0.3) is 5.78 Å². The molecule has 9 heteroatoms. The zero-order chi connectivity index (χ0) is 16.1. The topological polar surface area (TPSA) is 122 Å². The molecule has 0 unspecified atom stereocenters. The Kier molecular flexibility index (Phi) is 3.45. The Morgan fingerprint density at radius 3 is 2.78 bits per heavy atom. The lowest BCUT2D eigenvalue weighted by Crippen LogP contribution is -2.33. The van der Waals surface area contributed by atoms with Gasteiger partial charge in [0.2, 0.25) is 5.78 Å². The number of aryl methyl sites for hydroxylation is 1. The quantitative estimate of drug-likeness (QED) is 0.607. The van der Waals surface area contributed by atoms with Crippen molar-refractivity contribution >= 4 is 5.78 Å². The van der Waals surface area contributed by atoms with E-state index in [1.54, 1.807) is 0 Å². The van der Waals surface area contributed by atoms with Gasteiger partial charge in [0.25, 0.3) is 5.56 Å². The molecule has 0 radical (unpaired) electrons. The molecule has 2 aliphatic rings. The number of aliphatic hydroxyl groups excluding tert-OH is 3. The van der Waals surface area contributed by atoms with Gasteiger partial charge in [0.05, 0.1) is 12.3 Å². The summed E-state index contributed by atoms with van der Waals surface area (Å²) in [6.45, 7) is -0.413. The molecule has 1 saturated heterocycles. The highest BCUT2D eigenvalue weighted by Crippen LogP contribution is 2.30. The van der Waals surface area contributed by atoms with E-state index < -0.39 is 31.1 Å². The zero-order valence-corrected chi connectivity index (χ0v) is 12.4. The summed E-state index contributed by atoms with van der Waals surface area (Å²) in [4.78, 5) is 17.0. The lowest BCUT2D eigenvalue weighted by atomic mass is 9.97. The summed E-state index contributed by atoms with van der Waals surface area (Å²) < 4.78 is 8.11. The molecule has 1 aliphatic heterocycles. The van der Waals surface area contributed by atoms with Crippen molar-refractivity contribution in [3.63, 3.8) is 0 Å². The van der Waals surface area contributed by atoms with Crippen molar-refractivity contribution in [2.24, 2.45) is 0 Å². The van der Waals surface area contributed by atoms with Gasteiger partial charge in [-0.2, -0.15) is 9.61 Å². The standard InChI is InChI=1S/C14H18N4O5/c19-5-9-10(20)11(21)13(23-9)17-6-15-18-12(22)7-3-1-2-4-8(7)16-14(17)18/h6,9-11,13,19-21H,1-5H2/t9-,10-,11-,13-/m1/s1. The number of aliphatic hydroxyl groups is 3. The van der Waals surface area contributed by atoms with Gasteiger partial charge in [-0.15, -0.1) is 0 Å². The van der Waals surface area contributed by atoms with E-state index in [1.165, 1.54) is 15.4 Å². The fraction of sp³-hybridized carbons (Fsp3) is 0.643. The van der Waals surface area contributed by atoms with E-state index in [-0.39, 0.29) is 11.3 Å². The molecular weight excluding hydrogens is 304 g/mol. The molecule has 124 valence electrons. The van der Waals surface area contributed by atoms with Crippen molar-refractivity contribution in [2.45, 2.75) is 50.2 Å². The van der Waals surface area contributed by atoms with E-state index >= 15 is 0 Å².